The molecule has 0 fully saturated rings. The third-order valence-corrected chi connectivity index (χ3v) is 3.13. The van der Waals surface area contributed by atoms with Crippen LogP contribution in [-0.2, 0) is 4.79 Å². The molecule has 0 atom stereocenters. The third-order valence-electron chi connectivity index (χ3n) is 3.13. The maximum Gasteiger partial charge on any atom is 0.291 e. The van der Waals surface area contributed by atoms with Crippen molar-refractivity contribution in [2.75, 3.05) is 5.32 Å². The van der Waals surface area contributed by atoms with Gasteiger partial charge in [-0.1, -0.05) is 44.4 Å². The lowest BCUT2D eigenvalue weighted by molar-refractivity contribution is -0.120. The minimum absolute atomic E-state index is 0.151. The molecule has 0 radical (unpaired) electrons. The van der Waals surface area contributed by atoms with E-state index in [0.29, 0.717) is 11.3 Å². The second-order valence-electron chi connectivity index (χ2n) is 6.35. The van der Waals surface area contributed by atoms with E-state index in [4.69, 9.17) is 4.42 Å². The number of anilines is 1. The van der Waals surface area contributed by atoms with Crippen molar-refractivity contribution in [3.05, 3.63) is 53.5 Å². The van der Waals surface area contributed by atoms with Crippen LogP contribution in [0, 0.1) is 24.2 Å². The fourth-order valence-corrected chi connectivity index (χ4v) is 1.67. The van der Waals surface area contributed by atoms with Crippen molar-refractivity contribution >= 4 is 17.4 Å². The average molecular weight is 309 g/mol. The Hall–Kier alpha value is -2.80. The highest BCUT2D eigenvalue weighted by atomic mass is 16.3. The van der Waals surface area contributed by atoms with Crippen LogP contribution in [0.1, 0.15) is 42.5 Å². The summed E-state index contributed by atoms with van der Waals surface area (Å²) < 4.78 is 5.21. The number of amides is 1. The molecule has 23 heavy (non-hydrogen) atoms. The van der Waals surface area contributed by atoms with Gasteiger partial charge in [0, 0.05) is 17.2 Å². The highest BCUT2D eigenvalue weighted by molar-refractivity contribution is 6.03. The summed E-state index contributed by atoms with van der Waals surface area (Å²) in [4.78, 5) is 23.9. The summed E-state index contributed by atoms with van der Waals surface area (Å²) in [7, 11) is 0. The van der Waals surface area contributed by atoms with Crippen LogP contribution >= 0.6 is 0 Å². The Balaban J connectivity index is 2.07. The Bertz CT molecular complexity index is 781. The number of benzene rings is 1. The molecule has 2 rings (SSSR count). The van der Waals surface area contributed by atoms with Crippen LogP contribution in [0.25, 0.3) is 0 Å². The van der Waals surface area contributed by atoms with Gasteiger partial charge in [-0.15, -0.1) is 0 Å². The second kappa shape index (κ2) is 6.53. The summed E-state index contributed by atoms with van der Waals surface area (Å²) in [6.45, 7) is 7.39. The van der Waals surface area contributed by atoms with Gasteiger partial charge in [-0.25, -0.2) is 0 Å². The quantitative estimate of drug-likeness (QED) is 0.858. The number of furan rings is 1. The van der Waals surface area contributed by atoms with Crippen LogP contribution in [0.3, 0.4) is 0 Å². The second-order valence-corrected chi connectivity index (χ2v) is 6.35. The van der Waals surface area contributed by atoms with E-state index in [1.807, 2.05) is 31.2 Å². The van der Waals surface area contributed by atoms with Gasteiger partial charge in [0.25, 0.3) is 5.91 Å². The van der Waals surface area contributed by atoms with Crippen LogP contribution in [0.4, 0.5) is 5.69 Å². The molecule has 2 aromatic rings. The maximum absolute atomic E-state index is 12.1. The zero-order valence-corrected chi connectivity index (χ0v) is 13.7. The monoisotopic (exact) mass is 309 g/mol. The minimum Gasteiger partial charge on any atom is -0.458 e. The van der Waals surface area contributed by atoms with E-state index in [2.05, 4.69) is 17.2 Å². The van der Waals surface area contributed by atoms with E-state index in [0.717, 1.165) is 5.56 Å². The Morgan fingerprint density at radius 2 is 1.78 bits per heavy atom. The van der Waals surface area contributed by atoms with E-state index < -0.39 is 5.41 Å². The van der Waals surface area contributed by atoms with Gasteiger partial charge in [-0.05, 0) is 25.0 Å². The number of carbonyl (C=O) groups is 2. The molecule has 0 saturated carbocycles. The van der Waals surface area contributed by atoms with E-state index >= 15 is 0 Å². The molecule has 1 aromatic carbocycles. The predicted octanol–water partition coefficient (Wildman–Crippen LogP) is 3.81. The first-order chi connectivity index (χ1) is 10.8. The lowest BCUT2D eigenvalue weighted by Crippen LogP contribution is -2.17. The molecule has 0 saturated heterocycles. The highest BCUT2D eigenvalue weighted by Crippen LogP contribution is 2.15. The molecular weight excluding hydrogens is 290 g/mol. The van der Waals surface area contributed by atoms with E-state index in [1.54, 1.807) is 20.8 Å². The normalized spacial score (nSPS) is 10.6. The molecule has 0 aliphatic rings. The summed E-state index contributed by atoms with van der Waals surface area (Å²) in [5, 5.41) is 2.74. The van der Waals surface area contributed by atoms with Crippen molar-refractivity contribution in [2.45, 2.75) is 27.7 Å². The van der Waals surface area contributed by atoms with Gasteiger partial charge in [0.1, 0.15) is 6.26 Å². The number of hydrogen-bond donors (Lipinski definition) is 1. The van der Waals surface area contributed by atoms with Crippen LogP contribution < -0.4 is 5.32 Å². The average Bonchev–Trinajstić information content (AvgIpc) is 2.95. The van der Waals surface area contributed by atoms with Crippen LogP contribution in [-0.4, -0.2) is 11.7 Å². The largest absolute Gasteiger partial charge is 0.458 e. The zero-order valence-electron chi connectivity index (χ0n) is 13.7. The topological polar surface area (TPSA) is 59.3 Å². The SMILES string of the molecule is Cc1ccc(NC(=O)c2cc(C#CC(=O)C(C)(C)C)co2)cc1. The third kappa shape index (κ3) is 4.58. The van der Waals surface area contributed by atoms with Gasteiger partial charge in [0.05, 0.1) is 5.56 Å². The lowest BCUT2D eigenvalue weighted by atomic mass is 9.91. The fraction of sp³-hybridized carbons (Fsp3) is 0.263. The zero-order chi connectivity index (χ0) is 17.0. The van der Waals surface area contributed by atoms with Crippen molar-refractivity contribution in [2.24, 2.45) is 5.41 Å². The molecule has 118 valence electrons. The number of ketones is 1. The Kier molecular flexibility index (Phi) is 4.71. The fourth-order valence-electron chi connectivity index (χ4n) is 1.67. The molecule has 4 heteroatoms. The summed E-state index contributed by atoms with van der Waals surface area (Å²) in [5.41, 5.74) is 1.79. The Labute approximate surface area is 135 Å². The summed E-state index contributed by atoms with van der Waals surface area (Å²) in [6.07, 6.45) is 1.37. The number of carbonyl (C=O) groups excluding carboxylic acids is 2. The number of aryl methyl sites for hydroxylation is 1. The van der Waals surface area contributed by atoms with E-state index in [9.17, 15) is 9.59 Å². The van der Waals surface area contributed by atoms with Gasteiger partial charge in [-0.2, -0.15) is 0 Å². The first-order valence-electron chi connectivity index (χ1n) is 7.29. The van der Waals surface area contributed by atoms with Gasteiger partial charge < -0.3 is 9.73 Å². The molecule has 0 aliphatic heterocycles. The smallest absolute Gasteiger partial charge is 0.291 e. The van der Waals surface area contributed by atoms with Gasteiger partial charge in [-0.3, -0.25) is 9.59 Å². The number of rotatable bonds is 2. The van der Waals surface area contributed by atoms with Crippen LogP contribution in [0.5, 0.6) is 0 Å². The van der Waals surface area contributed by atoms with E-state index in [1.165, 1.54) is 12.3 Å². The number of nitrogens with one attached hydrogen (secondary N) is 1. The number of Topliss-reactive ketones (excluding diaryl/α,β-unsaturated/α-hetero) is 1. The first-order valence-corrected chi connectivity index (χ1v) is 7.29. The summed E-state index contributed by atoms with van der Waals surface area (Å²) >= 11 is 0. The standard InChI is InChI=1S/C19H19NO3/c1-13-5-8-15(9-6-13)20-18(22)16-11-14(12-23-16)7-10-17(21)19(2,3)4/h5-6,8-9,11-12H,1-4H3,(H,20,22). The molecule has 1 amide bonds. The molecule has 1 N–H and O–H groups in total. The van der Waals surface area contributed by atoms with Gasteiger partial charge >= 0.3 is 0 Å². The van der Waals surface area contributed by atoms with Crippen molar-refractivity contribution in [1.29, 1.82) is 0 Å². The first kappa shape index (κ1) is 16.6. The molecule has 0 unspecified atom stereocenters. The maximum atomic E-state index is 12.1. The van der Waals surface area contributed by atoms with Crippen molar-refractivity contribution in [3.63, 3.8) is 0 Å². The summed E-state index contributed by atoms with van der Waals surface area (Å²) in [5.74, 6) is 4.92. The summed E-state index contributed by atoms with van der Waals surface area (Å²) in [6, 6.07) is 8.98. The van der Waals surface area contributed by atoms with Gasteiger partial charge in [0.15, 0.2) is 5.76 Å². The predicted molar refractivity (Wildman–Crippen MR) is 89.2 cm³/mol. The van der Waals surface area contributed by atoms with Crippen molar-refractivity contribution in [3.8, 4) is 11.8 Å². The molecule has 0 spiro atoms. The molecule has 1 heterocycles. The van der Waals surface area contributed by atoms with Crippen molar-refractivity contribution < 1.29 is 14.0 Å². The highest BCUT2D eigenvalue weighted by Gasteiger charge is 2.19. The minimum atomic E-state index is -0.512. The van der Waals surface area contributed by atoms with Crippen LogP contribution in [0.2, 0.25) is 0 Å². The number of hydrogen-bond acceptors (Lipinski definition) is 3. The lowest BCUT2D eigenvalue weighted by Gasteiger charge is -2.10. The van der Waals surface area contributed by atoms with Crippen LogP contribution in [0.15, 0.2) is 41.0 Å². The molecule has 4 nitrogen and oxygen atoms in total. The molecule has 0 aliphatic carbocycles. The Morgan fingerprint density at radius 1 is 1.13 bits per heavy atom. The molecule has 0 bridgehead atoms. The molecule has 1 aromatic heterocycles. The van der Waals surface area contributed by atoms with Gasteiger partial charge in [0.2, 0.25) is 5.78 Å². The molecular formula is C19H19NO3. The van der Waals surface area contributed by atoms with Crippen molar-refractivity contribution in [1.82, 2.24) is 0 Å². The Morgan fingerprint density at radius 3 is 2.39 bits per heavy atom. The van der Waals surface area contributed by atoms with E-state index in [-0.39, 0.29) is 17.5 Å².